The Bertz CT molecular complexity index is 952. The van der Waals surface area contributed by atoms with Gasteiger partial charge in [0.15, 0.2) is 5.82 Å². The van der Waals surface area contributed by atoms with E-state index in [1.807, 2.05) is 0 Å². The molecule has 2 aromatic heterocycles. The normalized spacial score (nSPS) is 21.2. The van der Waals surface area contributed by atoms with Crippen molar-refractivity contribution in [3.05, 3.63) is 23.4 Å². The quantitative estimate of drug-likeness (QED) is 0.801. The number of nitrogens with zero attached hydrogens (tertiary/aromatic N) is 6. The fourth-order valence-electron chi connectivity index (χ4n) is 4.12. The first kappa shape index (κ1) is 17.2. The van der Waals surface area contributed by atoms with Crippen LogP contribution < -0.4 is 15.5 Å². The molecule has 3 aliphatic rings. The lowest BCUT2D eigenvalue weighted by Gasteiger charge is -2.31. The van der Waals surface area contributed by atoms with Gasteiger partial charge in [-0.2, -0.15) is 5.26 Å². The Kier molecular flexibility index (Phi) is 4.22. The van der Waals surface area contributed by atoms with Gasteiger partial charge in [-0.1, -0.05) is 0 Å². The van der Waals surface area contributed by atoms with Crippen molar-refractivity contribution >= 4 is 17.5 Å². The summed E-state index contributed by atoms with van der Waals surface area (Å²) in [6, 6.07) is 4.04. The fraction of sp³-hybridized carbons (Fsp3) is 0.474. The molecule has 1 atom stereocenters. The lowest BCUT2D eigenvalue weighted by Crippen LogP contribution is -2.43. The van der Waals surface area contributed by atoms with Crippen molar-refractivity contribution in [2.45, 2.75) is 12.5 Å². The first-order chi connectivity index (χ1) is 13.7. The topological polar surface area (TPSA) is 113 Å². The summed E-state index contributed by atoms with van der Waals surface area (Å²) in [5, 5.41) is 9.56. The van der Waals surface area contributed by atoms with Crippen molar-refractivity contribution in [1.82, 2.24) is 15.0 Å². The van der Waals surface area contributed by atoms with E-state index in [4.69, 9.17) is 25.2 Å². The molecule has 9 heteroatoms. The van der Waals surface area contributed by atoms with Gasteiger partial charge in [-0.25, -0.2) is 15.0 Å². The van der Waals surface area contributed by atoms with E-state index in [1.165, 1.54) is 0 Å². The Morgan fingerprint density at radius 2 is 1.89 bits per heavy atom. The second-order valence-corrected chi connectivity index (χ2v) is 7.17. The van der Waals surface area contributed by atoms with Crippen molar-refractivity contribution in [3.63, 3.8) is 0 Å². The van der Waals surface area contributed by atoms with Gasteiger partial charge in [0.05, 0.1) is 43.6 Å². The maximum Gasteiger partial charge on any atom is 0.166 e. The lowest BCUT2D eigenvalue weighted by molar-refractivity contribution is 0.0973. The van der Waals surface area contributed by atoms with Gasteiger partial charge in [-0.15, -0.1) is 0 Å². The summed E-state index contributed by atoms with van der Waals surface area (Å²) in [5.74, 6) is 2.69. The molecule has 0 saturated carbocycles. The van der Waals surface area contributed by atoms with Crippen LogP contribution in [-0.2, 0) is 15.9 Å². The SMILES string of the molecule is N#Cc1cc(N)ncc1-c1nc(N2CCOCC2)c2c(n1)N1CCOC[C@@H]1C2. The minimum atomic E-state index is 0.285. The largest absolute Gasteiger partial charge is 0.384 e. The van der Waals surface area contributed by atoms with Crippen molar-refractivity contribution in [1.29, 1.82) is 5.26 Å². The molecular weight excluding hydrogens is 358 g/mol. The van der Waals surface area contributed by atoms with Crippen LogP contribution in [0.5, 0.6) is 0 Å². The zero-order valence-corrected chi connectivity index (χ0v) is 15.5. The van der Waals surface area contributed by atoms with Gasteiger partial charge in [-0.05, 0) is 6.07 Å². The number of nitriles is 1. The Morgan fingerprint density at radius 3 is 2.71 bits per heavy atom. The van der Waals surface area contributed by atoms with Crippen molar-refractivity contribution in [2.24, 2.45) is 0 Å². The van der Waals surface area contributed by atoms with Gasteiger partial charge in [-0.3, -0.25) is 0 Å². The molecule has 0 amide bonds. The summed E-state index contributed by atoms with van der Waals surface area (Å²) in [6.07, 6.45) is 2.46. The third kappa shape index (κ3) is 2.82. The number of rotatable bonds is 2. The average molecular weight is 379 g/mol. The molecule has 0 spiro atoms. The van der Waals surface area contributed by atoms with E-state index >= 15 is 0 Å². The molecule has 5 heterocycles. The van der Waals surface area contributed by atoms with Crippen LogP contribution in [0.3, 0.4) is 0 Å². The minimum absolute atomic E-state index is 0.285. The third-order valence-corrected chi connectivity index (χ3v) is 5.50. The van der Waals surface area contributed by atoms with E-state index in [2.05, 4.69) is 20.9 Å². The Morgan fingerprint density at radius 1 is 1.11 bits per heavy atom. The fourth-order valence-corrected chi connectivity index (χ4v) is 4.12. The number of anilines is 3. The highest BCUT2D eigenvalue weighted by molar-refractivity contribution is 5.73. The number of morpholine rings is 2. The number of nitrogens with two attached hydrogens (primary N) is 1. The average Bonchev–Trinajstić information content (AvgIpc) is 3.12. The summed E-state index contributed by atoms with van der Waals surface area (Å²) < 4.78 is 11.2. The van der Waals surface area contributed by atoms with Crippen LogP contribution >= 0.6 is 0 Å². The minimum Gasteiger partial charge on any atom is -0.384 e. The number of pyridine rings is 1. The summed E-state index contributed by atoms with van der Waals surface area (Å²) in [4.78, 5) is 18.5. The highest BCUT2D eigenvalue weighted by atomic mass is 16.5. The Hall–Kier alpha value is -2.96. The first-order valence-corrected chi connectivity index (χ1v) is 9.48. The summed E-state index contributed by atoms with van der Waals surface area (Å²) in [5.41, 5.74) is 7.94. The van der Waals surface area contributed by atoms with E-state index in [0.717, 1.165) is 43.3 Å². The molecule has 3 aliphatic heterocycles. The van der Waals surface area contributed by atoms with E-state index in [1.54, 1.807) is 12.3 Å². The second-order valence-electron chi connectivity index (χ2n) is 7.17. The molecule has 0 bridgehead atoms. The molecule has 28 heavy (non-hydrogen) atoms. The number of aromatic nitrogens is 3. The molecule has 2 fully saturated rings. The molecule has 0 aromatic carbocycles. The highest BCUT2D eigenvalue weighted by Gasteiger charge is 2.37. The number of ether oxygens (including phenoxy) is 2. The van der Waals surface area contributed by atoms with Crippen molar-refractivity contribution in [3.8, 4) is 17.5 Å². The van der Waals surface area contributed by atoms with Crippen LogP contribution in [-0.4, -0.2) is 67.1 Å². The van der Waals surface area contributed by atoms with Crippen LogP contribution in [0.2, 0.25) is 0 Å². The van der Waals surface area contributed by atoms with Gasteiger partial charge >= 0.3 is 0 Å². The van der Waals surface area contributed by atoms with Gasteiger partial charge < -0.3 is 25.0 Å². The lowest BCUT2D eigenvalue weighted by atomic mass is 10.1. The second kappa shape index (κ2) is 6.89. The molecule has 0 radical (unpaired) electrons. The number of hydrogen-bond donors (Lipinski definition) is 1. The van der Waals surface area contributed by atoms with Crippen molar-refractivity contribution in [2.75, 3.05) is 61.6 Å². The summed E-state index contributed by atoms with van der Waals surface area (Å²) in [6.45, 7) is 5.12. The van der Waals surface area contributed by atoms with Gasteiger partial charge in [0.1, 0.15) is 23.5 Å². The maximum absolute atomic E-state index is 9.56. The van der Waals surface area contributed by atoms with Crippen LogP contribution in [0.25, 0.3) is 11.4 Å². The molecule has 2 saturated heterocycles. The van der Waals surface area contributed by atoms with E-state index in [9.17, 15) is 5.26 Å². The van der Waals surface area contributed by atoms with Gasteiger partial charge in [0.25, 0.3) is 0 Å². The van der Waals surface area contributed by atoms with E-state index < -0.39 is 0 Å². The smallest absolute Gasteiger partial charge is 0.166 e. The van der Waals surface area contributed by atoms with Gasteiger partial charge in [0.2, 0.25) is 0 Å². The zero-order chi connectivity index (χ0) is 19.1. The predicted molar refractivity (Wildman–Crippen MR) is 103 cm³/mol. The predicted octanol–water partition coefficient (Wildman–Crippen LogP) is 0.590. The van der Waals surface area contributed by atoms with Crippen LogP contribution in [0.4, 0.5) is 17.5 Å². The standard InChI is InChI=1S/C19H21N7O2/c20-9-12-7-16(21)22-10-15(12)17-23-18(25-1-4-27-5-2-25)14-8-13-11-28-6-3-26(13)19(14)24-17/h7,10,13H,1-6,8,11H2,(H2,21,22)/t13-/m0/s1. The van der Waals surface area contributed by atoms with Crippen LogP contribution in [0.15, 0.2) is 12.3 Å². The van der Waals surface area contributed by atoms with E-state index in [0.29, 0.717) is 49.2 Å². The molecule has 9 nitrogen and oxygen atoms in total. The number of nitrogen functional groups attached to an aromatic ring is 1. The third-order valence-electron chi connectivity index (χ3n) is 5.50. The van der Waals surface area contributed by atoms with Crippen LogP contribution in [0, 0.1) is 11.3 Å². The first-order valence-electron chi connectivity index (χ1n) is 9.48. The summed E-state index contributed by atoms with van der Waals surface area (Å²) >= 11 is 0. The molecule has 2 N–H and O–H groups in total. The number of fused-ring (bicyclic) bond motifs is 3. The molecule has 5 rings (SSSR count). The molecular formula is C19H21N7O2. The maximum atomic E-state index is 9.56. The summed E-state index contributed by atoms with van der Waals surface area (Å²) in [7, 11) is 0. The molecule has 0 aliphatic carbocycles. The Balaban J connectivity index is 1.66. The Labute approximate surface area is 162 Å². The monoisotopic (exact) mass is 379 g/mol. The number of hydrogen-bond acceptors (Lipinski definition) is 9. The zero-order valence-electron chi connectivity index (χ0n) is 15.5. The van der Waals surface area contributed by atoms with Gasteiger partial charge in [0, 0.05) is 37.8 Å². The molecule has 0 unspecified atom stereocenters. The molecule has 144 valence electrons. The molecule has 2 aromatic rings. The highest BCUT2D eigenvalue weighted by Crippen LogP contribution is 2.39. The van der Waals surface area contributed by atoms with Crippen molar-refractivity contribution < 1.29 is 9.47 Å². The van der Waals surface area contributed by atoms with Crippen LogP contribution in [0.1, 0.15) is 11.1 Å². The van der Waals surface area contributed by atoms with E-state index in [-0.39, 0.29) is 6.04 Å².